The summed E-state index contributed by atoms with van der Waals surface area (Å²) < 4.78 is 8.10. The van der Waals surface area contributed by atoms with Gasteiger partial charge in [0, 0.05) is 19.9 Å². The Bertz CT molecular complexity index is 734. The highest BCUT2D eigenvalue weighted by Crippen LogP contribution is 2.18. The molecule has 0 bridgehead atoms. The normalized spacial score (nSPS) is 11.0. The van der Waals surface area contributed by atoms with E-state index in [0.717, 1.165) is 29.1 Å². The number of hydrogen-bond donors (Lipinski definition) is 2. The fourth-order valence-electron chi connectivity index (χ4n) is 2.56. The van der Waals surface area contributed by atoms with E-state index in [1.165, 1.54) is 5.69 Å². The summed E-state index contributed by atoms with van der Waals surface area (Å²) in [7, 11) is 0. The molecule has 2 aromatic heterocycles. The third-order valence-electron chi connectivity index (χ3n) is 3.60. The second-order valence-electron chi connectivity index (χ2n) is 5.10. The van der Waals surface area contributed by atoms with Gasteiger partial charge < -0.3 is 10.5 Å². The second kappa shape index (κ2) is 5.97. The maximum absolute atomic E-state index is 5.97. The highest BCUT2D eigenvalue weighted by molar-refractivity contribution is 5.48. The summed E-state index contributed by atoms with van der Waals surface area (Å²) in [5, 5.41) is 0. The molecule has 1 aromatic carbocycles. The molecule has 0 fully saturated rings. The molecule has 0 atom stereocenters. The lowest BCUT2D eigenvalue weighted by Gasteiger charge is -2.04. The first-order valence-corrected chi connectivity index (χ1v) is 7.18. The van der Waals surface area contributed by atoms with Crippen molar-refractivity contribution in [3.8, 4) is 5.75 Å². The van der Waals surface area contributed by atoms with Gasteiger partial charge in [0.2, 0.25) is 5.75 Å². The smallest absolute Gasteiger partial charge is 0.327 e. The second-order valence-corrected chi connectivity index (χ2v) is 5.10. The first-order valence-electron chi connectivity index (χ1n) is 7.18. The summed E-state index contributed by atoms with van der Waals surface area (Å²) in [5.41, 5.74) is 10.2. The molecular weight excluding hydrogens is 262 g/mol. The molecule has 0 aliphatic carbocycles. The van der Waals surface area contributed by atoms with Crippen LogP contribution < -0.4 is 14.9 Å². The number of H-pyrrole nitrogens is 1. The Hall–Kier alpha value is -2.33. The van der Waals surface area contributed by atoms with Gasteiger partial charge in [-0.2, -0.15) is 4.40 Å². The summed E-state index contributed by atoms with van der Waals surface area (Å²) in [5.74, 6) is 0.854. The lowest BCUT2D eigenvalue weighted by atomic mass is 10.2. The molecule has 0 unspecified atom stereocenters. The number of nitrogens with zero attached hydrogens (tertiary/aromatic N) is 1. The monoisotopic (exact) mass is 282 g/mol. The third kappa shape index (κ3) is 2.76. The van der Waals surface area contributed by atoms with E-state index in [1.807, 2.05) is 36.5 Å². The molecule has 4 heteroatoms. The van der Waals surface area contributed by atoms with Crippen LogP contribution in [0, 0.1) is 6.92 Å². The van der Waals surface area contributed by atoms with E-state index in [1.54, 1.807) is 0 Å². The van der Waals surface area contributed by atoms with Crippen molar-refractivity contribution in [3.63, 3.8) is 0 Å². The Morgan fingerprint density at radius 1 is 1.14 bits per heavy atom. The largest absolute Gasteiger partial charge is 0.481 e. The molecule has 0 radical (unpaired) electrons. The highest BCUT2D eigenvalue weighted by atomic mass is 16.5. The number of fused-ring (bicyclic) bond motifs is 1. The van der Waals surface area contributed by atoms with Crippen LogP contribution in [0.5, 0.6) is 5.75 Å². The van der Waals surface area contributed by atoms with E-state index in [9.17, 15) is 0 Å². The predicted molar refractivity (Wildman–Crippen MR) is 82.2 cm³/mol. The Balaban J connectivity index is 1.90. The van der Waals surface area contributed by atoms with Crippen LogP contribution in [-0.4, -0.2) is 11.5 Å². The first-order chi connectivity index (χ1) is 10.3. The number of nitrogens with one attached hydrogen (secondary N) is 1. The number of hydrogen-bond acceptors (Lipinski definition) is 2. The summed E-state index contributed by atoms with van der Waals surface area (Å²) in [6.45, 7) is 3.26. The van der Waals surface area contributed by atoms with E-state index in [0.29, 0.717) is 13.2 Å². The molecule has 21 heavy (non-hydrogen) atoms. The molecule has 3 rings (SSSR count). The Labute approximate surface area is 124 Å². The average molecular weight is 282 g/mol. The average Bonchev–Trinajstić information content (AvgIpc) is 2.83. The van der Waals surface area contributed by atoms with E-state index in [4.69, 9.17) is 10.5 Å². The lowest BCUT2D eigenvalue weighted by molar-refractivity contribution is -0.520. The van der Waals surface area contributed by atoms with Crippen LogP contribution in [-0.2, 0) is 13.0 Å². The minimum atomic E-state index is 0.560. The number of nitrogens with two attached hydrogens (primary N) is 1. The summed E-state index contributed by atoms with van der Waals surface area (Å²) in [6, 6.07) is 14.2. The van der Waals surface area contributed by atoms with E-state index in [-0.39, 0.29) is 0 Å². The van der Waals surface area contributed by atoms with Crippen molar-refractivity contribution in [2.24, 2.45) is 5.73 Å². The molecular formula is C17H20N3O+. The van der Waals surface area contributed by atoms with E-state index < -0.39 is 0 Å². The van der Waals surface area contributed by atoms with E-state index >= 15 is 0 Å². The zero-order chi connectivity index (χ0) is 14.7. The van der Waals surface area contributed by atoms with Gasteiger partial charge in [-0.3, -0.25) is 0 Å². The van der Waals surface area contributed by atoms with Crippen LogP contribution in [0.25, 0.3) is 5.65 Å². The van der Waals surface area contributed by atoms with Crippen LogP contribution in [0.15, 0.2) is 48.7 Å². The molecule has 4 nitrogen and oxygen atoms in total. The number of rotatable bonds is 5. The topological polar surface area (TPSA) is 55.1 Å². The van der Waals surface area contributed by atoms with E-state index in [2.05, 4.69) is 28.4 Å². The molecule has 0 amide bonds. The maximum Gasteiger partial charge on any atom is 0.327 e. The molecule has 0 saturated heterocycles. The SMILES string of the molecule is Cc1[nH]c2c(OCc3ccccc3)ccc[n+]2c1CCN. The molecule has 0 saturated carbocycles. The molecule has 2 heterocycles. The summed E-state index contributed by atoms with van der Waals surface area (Å²) in [6.07, 6.45) is 2.89. The van der Waals surface area contributed by atoms with Gasteiger partial charge in [0.25, 0.3) is 0 Å². The quantitative estimate of drug-likeness (QED) is 0.704. The van der Waals surface area contributed by atoms with Gasteiger partial charge in [0.05, 0.1) is 6.20 Å². The molecule has 0 spiro atoms. The van der Waals surface area contributed by atoms with Crippen molar-refractivity contribution in [2.45, 2.75) is 20.0 Å². The Kier molecular flexibility index (Phi) is 3.88. The molecule has 3 N–H and O–H groups in total. The van der Waals surface area contributed by atoms with Crippen molar-refractivity contribution in [3.05, 3.63) is 65.6 Å². The number of aryl methyl sites for hydroxylation is 1. The van der Waals surface area contributed by atoms with Gasteiger partial charge in [-0.25, -0.2) is 4.98 Å². The third-order valence-corrected chi connectivity index (χ3v) is 3.60. The number of aromatic amines is 1. The summed E-state index contributed by atoms with van der Waals surface area (Å²) in [4.78, 5) is 3.40. The van der Waals surface area contributed by atoms with Crippen molar-refractivity contribution >= 4 is 5.65 Å². The van der Waals surface area contributed by atoms with Crippen LogP contribution in [0.4, 0.5) is 0 Å². The van der Waals surface area contributed by atoms with Crippen molar-refractivity contribution in [1.82, 2.24) is 4.98 Å². The molecule has 3 aromatic rings. The Morgan fingerprint density at radius 2 is 1.95 bits per heavy atom. The van der Waals surface area contributed by atoms with Crippen molar-refractivity contribution in [2.75, 3.05) is 6.54 Å². The molecule has 0 aliphatic heterocycles. The van der Waals surface area contributed by atoms with Crippen LogP contribution in [0.3, 0.4) is 0 Å². The van der Waals surface area contributed by atoms with Gasteiger partial charge in [0.15, 0.2) is 5.69 Å². The van der Waals surface area contributed by atoms with Gasteiger partial charge in [-0.1, -0.05) is 30.3 Å². The summed E-state index contributed by atoms with van der Waals surface area (Å²) >= 11 is 0. The fourth-order valence-corrected chi connectivity index (χ4v) is 2.56. The zero-order valence-corrected chi connectivity index (χ0v) is 12.2. The number of ether oxygens (including phenoxy) is 1. The highest BCUT2D eigenvalue weighted by Gasteiger charge is 2.19. The minimum Gasteiger partial charge on any atom is -0.481 e. The first kappa shape index (κ1) is 13.6. The lowest BCUT2D eigenvalue weighted by Crippen LogP contribution is -2.26. The standard InChI is InChI=1S/C17H19N3O/c1-13-15(9-10-18)20-11-5-8-16(17(20)19-13)21-12-14-6-3-2-4-7-14/h2-8,11H,9-10,12,18H2,1H3/p+1. The van der Waals surface area contributed by atoms with Crippen molar-refractivity contribution < 1.29 is 9.14 Å². The zero-order valence-electron chi connectivity index (χ0n) is 12.2. The van der Waals surface area contributed by atoms with Crippen molar-refractivity contribution in [1.29, 1.82) is 0 Å². The fraction of sp³-hybridized carbons (Fsp3) is 0.235. The maximum atomic E-state index is 5.97. The van der Waals surface area contributed by atoms with Crippen LogP contribution in [0.2, 0.25) is 0 Å². The van der Waals surface area contributed by atoms with Gasteiger partial charge in [-0.15, -0.1) is 0 Å². The van der Waals surface area contributed by atoms with Gasteiger partial charge in [0.1, 0.15) is 12.3 Å². The Morgan fingerprint density at radius 3 is 2.71 bits per heavy atom. The number of imidazole rings is 1. The molecule has 0 aliphatic rings. The minimum absolute atomic E-state index is 0.560. The van der Waals surface area contributed by atoms with Gasteiger partial charge in [-0.05, 0) is 17.7 Å². The predicted octanol–water partition coefficient (Wildman–Crippen LogP) is 2.14. The van der Waals surface area contributed by atoms with Crippen LogP contribution >= 0.6 is 0 Å². The number of benzene rings is 1. The number of aromatic nitrogens is 2. The number of pyridine rings is 1. The molecule has 108 valence electrons. The van der Waals surface area contributed by atoms with Gasteiger partial charge >= 0.3 is 5.65 Å². The van der Waals surface area contributed by atoms with Crippen LogP contribution in [0.1, 0.15) is 17.0 Å².